The van der Waals surface area contributed by atoms with Gasteiger partial charge in [0, 0.05) is 23.9 Å². The van der Waals surface area contributed by atoms with Crippen LogP contribution in [0.4, 0.5) is 0 Å². The van der Waals surface area contributed by atoms with Gasteiger partial charge in [-0.25, -0.2) is 0 Å². The Balaban J connectivity index is 2.23. The van der Waals surface area contributed by atoms with E-state index in [2.05, 4.69) is 28.4 Å². The normalized spacial score (nSPS) is 14.2. The fraction of sp³-hybridized carbons (Fsp3) is 0.600. The van der Waals surface area contributed by atoms with Gasteiger partial charge in [-0.1, -0.05) is 31.5 Å². The van der Waals surface area contributed by atoms with Gasteiger partial charge in [-0.05, 0) is 37.9 Å². The van der Waals surface area contributed by atoms with Crippen molar-refractivity contribution in [2.75, 3.05) is 6.54 Å². The van der Waals surface area contributed by atoms with E-state index < -0.39 is 0 Å². The molecule has 0 bridgehead atoms. The van der Waals surface area contributed by atoms with Crippen LogP contribution >= 0.6 is 0 Å². The van der Waals surface area contributed by atoms with Crippen molar-refractivity contribution in [3.63, 3.8) is 0 Å². The van der Waals surface area contributed by atoms with E-state index in [9.17, 15) is 0 Å². The predicted octanol–water partition coefficient (Wildman–Crippen LogP) is 2.68. The highest BCUT2D eigenvalue weighted by atomic mass is 16.4. The maximum Gasteiger partial charge on any atom is 0.144 e. The smallest absolute Gasteiger partial charge is 0.144 e. The maximum atomic E-state index is 8.72. The van der Waals surface area contributed by atoms with Crippen LogP contribution < -0.4 is 11.1 Å². The van der Waals surface area contributed by atoms with Crippen LogP contribution in [0.15, 0.2) is 29.7 Å². The number of hydrogen-bond donors (Lipinski definition) is 3. The summed E-state index contributed by atoms with van der Waals surface area (Å²) in [5.74, 6) is 0.300. The lowest BCUT2D eigenvalue weighted by Gasteiger charge is -2.22. The Morgan fingerprint density at radius 1 is 1.50 bits per heavy atom. The van der Waals surface area contributed by atoms with Crippen LogP contribution in [-0.4, -0.2) is 22.6 Å². The van der Waals surface area contributed by atoms with Gasteiger partial charge in [-0.15, -0.1) is 0 Å². The first-order valence-electron chi connectivity index (χ1n) is 7.08. The zero-order valence-corrected chi connectivity index (χ0v) is 12.6. The molecule has 20 heavy (non-hydrogen) atoms. The van der Waals surface area contributed by atoms with E-state index in [1.807, 2.05) is 26.1 Å². The van der Waals surface area contributed by atoms with Crippen LogP contribution in [0.1, 0.15) is 51.6 Å². The predicted molar refractivity (Wildman–Crippen MR) is 81.7 cm³/mol. The minimum atomic E-state index is -0.246. The summed E-state index contributed by atoms with van der Waals surface area (Å²) in [5.41, 5.74) is 6.62. The molecule has 1 heterocycles. The largest absolute Gasteiger partial charge is 0.409 e. The highest BCUT2D eigenvalue weighted by molar-refractivity contribution is 5.85. The zero-order chi connectivity index (χ0) is 15.0. The molecular formula is C15H26N4O. The van der Waals surface area contributed by atoms with E-state index in [4.69, 9.17) is 10.9 Å². The molecule has 4 N–H and O–H groups in total. The summed E-state index contributed by atoms with van der Waals surface area (Å²) in [6, 6.07) is 4.33. The van der Waals surface area contributed by atoms with Crippen molar-refractivity contribution in [2.24, 2.45) is 16.3 Å². The summed E-state index contributed by atoms with van der Waals surface area (Å²) in [5, 5.41) is 15.3. The molecule has 0 saturated heterocycles. The SMILES string of the molecule is C[C@H](NCCCCC(C)(C)/C(N)=N/O)c1cccnc1. The number of aromatic nitrogens is 1. The van der Waals surface area contributed by atoms with E-state index >= 15 is 0 Å². The van der Waals surface area contributed by atoms with Gasteiger partial charge in [-0.2, -0.15) is 0 Å². The standard InChI is InChI=1S/C15H26N4O/c1-12(13-7-6-9-17-11-13)18-10-5-4-8-15(2,3)14(16)19-20/h6-7,9,11-12,18,20H,4-5,8,10H2,1-3H3,(H2,16,19)/t12-/m0/s1. The Bertz CT molecular complexity index is 417. The van der Waals surface area contributed by atoms with Crippen LogP contribution in [0.3, 0.4) is 0 Å². The molecule has 0 radical (unpaired) electrons. The van der Waals surface area contributed by atoms with Gasteiger partial charge in [-0.3, -0.25) is 4.98 Å². The molecule has 112 valence electrons. The molecule has 0 unspecified atom stereocenters. The van der Waals surface area contributed by atoms with Gasteiger partial charge in [0.05, 0.1) is 0 Å². The third-order valence-corrected chi connectivity index (χ3v) is 3.66. The average Bonchev–Trinajstić information content (AvgIpc) is 2.46. The number of amidine groups is 1. The fourth-order valence-electron chi connectivity index (χ4n) is 2.02. The minimum absolute atomic E-state index is 0.246. The molecule has 0 aliphatic rings. The third kappa shape index (κ3) is 5.17. The molecule has 0 fully saturated rings. The van der Waals surface area contributed by atoms with E-state index in [1.165, 1.54) is 5.56 Å². The molecule has 0 spiro atoms. The van der Waals surface area contributed by atoms with Crippen molar-refractivity contribution in [2.45, 2.75) is 46.1 Å². The summed E-state index contributed by atoms with van der Waals surface area (Å²) < 4.78 is 0. The average molecular weight is 278 g/mol. The molecule has 1 atom stereocenters. The second kappa shape index (κ2) is 7.85. The molecule has 0 aromatic carbocycles. The Hall–Kier alpha value is -1.62. The van der Waals surface area contributed by atoms with Crippen molar-refractivity contribution < 1.29 is 5.21 Å². The van der Waals surface area contributed by atoms with E-state index in [1.54, 1.807) is 6.20 Å². The van der Waals surface area contributed by atoms with E-state index in [0.29, 0.717) is 11.9 Å². The lowest BCUT2D eigenvalue weighted by atomic mass is 9.86. The number of rotatable bonds is 8. The topological polar surface area (TPSA) is 83.5 Å². The van der Waals surface area contributed by atoms with Crippen LogP contribution in [0.5, 0.6) is 0 Å². The number of pyridine rings is 1. The first-order chi connectivity index (χ1) is 9.47. The number of unbranched alkanes of at least 4 members (excludes halogenated alkanes) is 1. The van der Waals surface area contributed by atoms with Crippen molar-refractivity contribution >= 4 is 5.84 Å². The molecule has 5 heteroatoms. The third-order valence-electron chi connectivity index (χ3n) is 3.66. The second-order valence-corrected chi connectivity index (χ2v) is 5.79. The van der Waals surface area contributed by atoms with Crippen molar-refractivity contribution in [3.8, 4) is 0 Å². The number of hydrogen-bond acceptors (Lipinski definition) is 4. The Kier molecular flexibility index (Phi) is 6.45. The zero-order valence-electron chi connectivity index (χ0n) is 12.6. The maximum absolute atomic E-state index is 8.72. The van der Waals surface area contributed by atoms with E-state index in [-0.39, 0.29) is 5.41 Å². The van der Waals surface area contributed by atoms with Crippen molar-refractivity contribution in [3.05, 3.63) is 30.1 Å². The second-order valence-electron chi connectivity index (χ2n) is 5.79. The van der Waals surface area contributed by atoms with E-state index in [0.717, 1.165) is 25.8 Å². The first kappa shape index (κ1) is 16.4. The van der Waals surface area contributed by atoms with Crippen LogP contribution in [0, 0.1) is 5.41 Å². The molecule has 0 amide bonds. The summed E-state index contributed by atoms with van der Waals surface area (Å²) in [6.45, 7) is 7.07. The summed E-state index contributed by atoms with van der Waals surface area (Å²) in [4.78, 5) is 4.12. The molecule has 0 aliphatic heterocycles. The van der Waals surface area contributed by atoms with Crippen LogP contribution in [0.2, 0.25) is 0 Å². The summed E-state index contributed by atoms with van der Waals surface area (Å²) in [6.07, 6.45) is 6.68. The lowest BCUT2D eigenvalue weighted by molar-refractivity contribution is 0.304. The van der Waals surface area contributed by atoms with Gasteiger partial charge in [0.25, 0.3) is 0 Å². The molecule has 1 aromatic heterocycles. The molecule has 0 aliphatic carbocycles. The van der Waals surface area contributed by atoms with Crippen LogP contribution in [0.25, 0.3) is 0 Å². The van der Waals surface area contributed by atoms with Gasteiger partial charge in [0.1, 0.15) is 5.84 Å². The number of oxime groups is 1. The van der Waals surface area contributed by atoms with Crippen LogP contribution in [-0.2, 0) is 0 Å². The van der Waals surface area contributed by atoms with Gasteiger partial charge in [0.15, 0.2) is 0 Å². The van der Waals surface area contributed by atoms with Gasteiger partial charge >= 0.3 is 0 Å². The van der Waals surface area contributed by atoms with Gasteiger partial charge in [0.2, 0.25) is 0 Å². The first-order valence-corrected chi connectivity index (χ1v) is 7.08. The molecule has 1 rings (SSSR count). The number of nitrogens with zero attached hydrogens (tertiary/aromatic N) is 2. The monoisotopic (exact) mass is 278 g/mol. The lowest BCUT2D eigenvalue weighted by Crippen LogP contribution is -2.32. The molecular weight excluding hydrogens is 252 g/mol. The summed E-state index contributed by atoms with van der Waals surface area (Å²) in [7, 11) is 0. The quantitative estimate of drug-likeness (QED) is 0.224. The van der Waals surface area contributed by atoms with Gasteiger partial charge < -0.3 is 16.3 Å². The highest BCUT2D eigenvalue weighted by Crippen LogP contribution is 2.23. The van der Waals surface area contributed by atoms with Crippen molar-refractivity contribution in [1.29, 1.82) is 0 Å². The van der Waals surface area contributed by atoms with Crippen molar-refractivity contribution in [1.82, 2.24) is 10.3 Å². The molecule has 5 nitrogen and oxygen atoms in total. The molecule has 1 aromatic rings. The highest BCUT2D eigenvalue weighted by Gasteiger charge is 2.22. The Labute approximate surface area is 121 Å². The minimum Gasteiger partial charge on any atom is -0.409 e. The molecule has 0 saturated carbocycles. The summed E-state index contributed by atoms with van der Waals surface area (Å²) >= 11 is 0. The number of nitrogens with two attached hydrogens (primary N) is 1. The fourth-order valence-corrected chi connectivity index (χ4v) is 2.02. The Morgan fingerprint density at radius 2 is 2.25 bits per heavy atom. The number of nitrogens with one attached hydrogen (secondary N) is 1. The Morgan fingerprint density at radius 3 is 2.85 bits per heavy atom.